The van der Waals surface area contributed by atoms with E-state index in [1.54, 1.807) is 13.0 Å². The highest BCUT2D eigenvalue weighted by Gasteiger charge is 2.12. The number of benzene rings is 1. The van der Waals surface area contributed by atoms with Crippen molar-refractivity contribution in [2.75, 3.05) is 13.7 Å². The molecule has 98 valence electrons. The van der Waals surface area contributed by atoms with Crippen molar-refractivity contribution in [1.82, 2.24) is 0 Å². The Morgan fingerprint density at radius 2 is 2.28 bits per heavy atom. The number of carboxylic acid groups (broad SMARTS) is 1. The average molecular weight is 254 g/mol. The van der Waals surface area contributed by atoms with E-state index in [2.05, 4.69) is 0 Å². The Morgan fingerprint density at radius 3 is 2.89 bits per heavy atom. The van der Waals surface area contributed by atoms with Crippen LogP contribution in [0.2, 0.25) is 0 Å². The van der Waals surface area contributed by atoms with E-state index in [0.717, 1.165) is 6.08 Å². The molecule has 0 heterocycles. The Balaban J connectivity index is 2.97. The van der Waals surface area contributed by atoms with E-state index >= 15 is 0 Å². The number of rotatable bonds is 6. The first-order chi connectivity index (χ1) is 8.54. The normalized spacial score (nSPS) is 12.6. The summed E-state index contributed by atoms with van der Waals surface area (Å²) in [5, 5.41) is 8.56. The molecule has 4 nitrogen and oxygen atoms in total. The number of carbonyl (C=O) groups is 1. The summed E-state index contributed by atoms with van der Waals surface area (Å²) in [6.45, 7) is 2.05. The maximum atomic E-state index is 13.6. The number of hydrogen-bond donors (Lipinski definition) is 1. The van der Waals surface area contributed by atoms with Gasteiger partial charge in [-0.05, 0) is 19.1 Å². The van der Waals surface area contributed by atoms with Crippen molar-refractivity contribution in [3.8, 4) is 5.75 Å². The third-order valence-electron chi connectivity index (χ3n) is 2.12. The standard InChI is InChI=1S/C13H15FO4/c1-9(8-17-2)18-13-10(6-7-12(15)16)4-3-5-11(13)14/h3-7,9H,8H2,1-2H3,(H,15,16)/b7-6+. The molecule has 0 aliphatic carbocycles. The fourth-order valence-electron chi connectivity index (χ4n) is 1.41. The Kier molecular flexibility index (Phi) is 5.32. The van der Waals surface area contributed by atoms with Crippen LogP contribution >= 0.6 is 0 Å². The number of aliphatic carboxylic acids is 1. The number of ether oxygens (including phenoxy) is 2. The minimum Gasteiger partial charge on any atom is -0.485 e. The van der Waals surface area contributed by atoms with E-state index in [1.165, 1.54) is 25.3 Å². The lowest BCUT2D eigenvalue weighted by atomic mass is 10.1. The van der Waals surface area contributed by atoms with Gasteiger partial charge in [0.1, 0.15) is 6.10 Å². The minimum atomic E-state index is -1.10. The van der Waals surface area contributed by atoms with Gasteiger partial charge in [0.15, 0.2) is 11.6 Å². The van der Waals surface area contributed by atoms with E-state index in [0.29, 0.717) is 12.2 Å². The van der Waals surface area contributed by atoms with Crippen molar-refractivity contribution in [2.24, 2.45) is 0 Å². The third kappa shape index (κ3) is 4.18. The Morgan fingerprint density at radius 1 is 1.56 bits per heavy atom. The van der Waals surface area contributed by atoms with E-state index in [-0.39, 0.29) is 11.9 Å². The lowest BCUT2D eigenvalue weighted by molar-refractivity contribution is -0.131. The molecule has 0 bridgehead atoms. The molecule has 0 radical (unpaired) electrons. The van der Waals surface area contributed by atoms with Crippen molar-refractivity contribution in [3.05, 3.63) is 35.7 Å². The summed E-state index contributed by atoms with van der Waals surface area (Å²) in [6, 6.07) is 4.33. The molecule has 0 fully saturated rings. The van der Waals surface area contributed by atoms with Crippen LogP contribution in [0.3, 0.4) is 0 Å². The number of carboxylic acids is 1. The van der Waals surface area contributed by atoms with Gasteiger partial charge in [0.05, 0.1) is 6.61 Å². The van der Waals surface area contributed by atoms with Gasteiger partial charge in [-0.25, -0.2) is 9.18 Å². The molecule has 0 saturated carbocycles. The first-order valence-electron chi connectivity index (χ1n) is 5.39. The van der Waals surface area contributed by atoms with Gasteiger partial charge in [-0.1, -0.05) is 12.1 Å². The zero-order valence-corrected chi connectivity index (χ0v) is 10.2. The average Bonchev–Trinajstić information content (AvgIpc) is 2.30. The maximum Gasteiger partial charge on any atom is 0.328 e. The van der Waals surface area contributed by atoms with Gasteiger partial charge in [-0.15, -0.1) is 0 Å². The van der Waals surface area contributed by atoms with E-state index in [9.17, 15) is 9.18 Å². The van der Waals surface area contributed by atoms with Gasteiger partial charge < -0.3 is 14.6 Å². The Hall–Kier alpha value is -1.88. The van der Waals surface area contributed by atoms with Crippen LogP contribution in [0.15, 0.2) is 24.3 Å². The van der Waals surface area contributed by atoms with Gasteiger partial charge >= 0.3 is 5.97 Å². The molecule has 0 aliphatic rings. The zero-order valence-electron chi connectivity index (χ0n) is 10.2. The molecule has 1 aromatic carbocycles. The summed E-state index contributed by atoms with van der Waals surface area (Å²) in [4.78, 5) is 10.5. The van der Waals surface area contributed by atoms with Crippen LogP contribution in [0, 0.1) is 5.82 Å². The Labute approximate surface area is 105 Å². The molecule has 1 rings (SSSR count). The van der Waals surface area contributed by atoms with Crippen LogP contribution in [0.25, 0.3) is 6.08 Å². The van der Waals surface area contributed by atoms with Gasteiger partial charge in [-0.3, -0.25) is 0 Å². The molecule has 0 aliphatic heterocycles. The van der Waals surface area contributed by atoms with Crippen molar-refractivity contribution in [3.63, 3.8) is 0 Å². The monoisotopic (exact) mass is 254 g/mol. The second kappa shape index (κ2) is 6.76. The highest BCUT2D eigenvalue weighted by Crippen LogP contribution is 2.25. The minimum absolute atomic E-state index is 0.0274. The second-order valence-electron chi connectivity index (χ2n) is 3.71. The van der Waals surface area contributed by atoms with Gasteiger partial charge in [0, 0.05) is 18.7 Å². The van der Waals surface area contributed by atoms with Crippen LogP contribution in [-0.4, -0.2) is 30.9 Å². The molecule has 1 unspecified atom stereocenters. The smallest absolute Gasteiger partial charge is 0.328 e. The van der Waals surface area contributed by atoms with Crippen molar-refractivity contribution in [1.29, 1.82) is 0 Å². The number of para-hydroxylation sites is 1. The van der Waals surface area contributed by atoms with Crippen LogP contribution < -0.4 is 4.74 Å². The molecule has 0 saturated heterocycles. The van der Waals surface area contributed by atoms with Gasteiger partial charge in [-0.2, -0.15) is 0 Å². The lowest BCUT2D eigenvalue weighted by Gasteiger charge is -2.16. The second-order valence-corrected chi connectivity index (χ2v) is 3.71. The number of methoxy groups -OCH3 is 1. The number of hydrogen-bond acceptors (Lipinski definition) is 3. The molecule has 0 amide bonds. The quantitative estimate of drug-likeness (QED) is 0.792. The number of halogens is 1. The molecular weight excluding hydrogens is 239 g/mol. The molecule has 0 spiro atoms. The molecule has 1 N–H and O–H groups in total. The fraction of sp³-hybridized carbons (Fsp3) is 0.308. The highest BCUT2D eigenvalue weighted by molar-refractivity contribution is 5.85. The van der Waals surface area contributed by atoms with Crippen molar-refractivity contribution in [2.45, 2.75) is 13.0 Å². The summed E-state index contributed by atoms with van der Waals surface area (Å²) in [6.07, 6.45) is 1.90. The summed E-state index contributed by atoms with van der Waals surface area (Å²) in [5.41, 5.74) is 0.375. The van der Waals surface area contributed by atoms with Gasteiger partial charge in [0.25, 0.3) is 0 Å². The maximum absolute atomic E-state index is 13.6. The highest BCUT2D eigenvalue weighted by atomic mass is 19.1. The summed E-state index contributed by atoms with van der Waals surface area (Å²) in [5.74, 6) is -1.61. The Bertz CT molecular complexity index is 443. The van der Waals surface area contributed by atoms with Crippen molar-refractivity contribution < 1.29 is 23.8 Å². The summed E-state index contributed by atoms with van der Waals surface area (Å²) in [7, 11) is 1.52. The first-order valence-corrected chi connectivity index (χ1v) is 5.39. The zero-order chi connectivity index (χ0) is 13.5. The largest absolute Gasteiger partial charge is 0.485 e. The van der Waals surface area contributed by atoms with E-state index < -0.39 is 11.8 Å². The van der Waals surface area contributed by atoms with Crippen LogP contribution in [0.4, 0.5) is 4.39 Å². The lowest BCUT2D eigenvalue weighted by Crippen LogP contribution is -2.19. The molecular formula is C13H15FO4. The predicted octanol–water partition coefficient (Wildman–Crippen LogP) is 2.34. The van der Waals surface area contributed by atoms with E-state index in [1.807, 2.05) is 0 Å². The van der Waals surface area contributed by atoms with Crippen LogP contribution in [0.5, 0.6) is 5.75 Å². The van der Waals surface area contributed by atoms with Crippen molar-refractivity contribution >= 4 is 12.0 Å². The summed E-state index contributed by atoms with van der Waals surface area (Å²) >= 11 is 0. The topological polar surface area (TPSA) is 55.8 Å². The molecule has 0 aromatic heterocycles. The molecule has 18 heavy (non-hydrogen) atoms. The molecule has 5 heteroatoms. The van der Waals surface area contributed by atoms with Crippen LogP contribution in [-0.2, 0) is 9.53 Å². The first kappa shape index (κ1) is 14.2. The SMILES string of the molecule is COCC(C)Oc1c(F)cccc1/C=C/C(=O)O. The molecule has 1 aromatic rings. The molecule has 1 atom stereocenters. The predicted molar refractivity (Wildman–Crippen MR) is 65.0 cm³/mol. The van der Waals surface area contributed by atoms with Crippen LogP contribution in [0.1, 0.15) is 12.5 Å². The fourth-order valence-corrected chi connectivity index (χ4v) is 1.41. The van der Waals surface area contributed by atoms with E-state index in [4.69, 9.17) is 14.6 Å². The third-order valence-corrected chi connectivity index (χ3v) is 2.12. The summed E-state index contributed by atoms with van der Waals surface area (Å²) < 4.78 is 23.9. The van der Waals surface area contributed by atoms with Gasteiger partial charge in [0.2, 0.25) is 0 Å².